The van der Waals surface area contributed by atoms with Crippen molar-refractivity contribution in [1.82, 2.24) is 10.2 Å². The summed E-state index contributed by atoms with van der Waals surface area (Å²) in [5.41, 5.74) is 5.50. The molecule has 0 bridgehead atoms. The Balaban J connectivity index is 1.27. The monoisotopic (exact) mass is 348 g/mol. The van der Waals surface area contributed by atoms with Gasteiger partial charge in [-0.25, -0.2) is 4.79 Å². The fourth-order valence-electron chi connectivity index (χ4n) is 4.68. The van der Waals surface area contributed by atoms with Crippen LogP contribution >= 0.6 is 0 Å². The summed E-state index contributed by atoms with van der Waals surface area (Å²) in [6.07, 6.45) is 2.02. The molecule has 0 atom stereocenters. The van der Waals surface area contributed by atoms with Crippen LogP contribution in [0.5, 0.6) is 0 Å². The molecule has 2 heterocycles. The van der Waals surface area contributed by atoms with Gasteiger partial charge in [-0.05, 0) is 40.5 Å². The number of piperidine rings is 1. The van der Waals surface area contributed by atoms with Gasteiger partial charge >= 0.3 is 6.09 Å². The van der Waals surface area contributed by atoms with Gasteiger partial charge in [-0.1, -0.05) is 48.5 Å². The van der Waals surface area contributed by atoms with Crippen molar-refractivity contribution >= 4 is 6.09 Å². The van der Waals surface area contributed by atoms with Crippen LogP contribution < -0.4 is 5.32 Å². The third-order valence-corrected chi connectivity index (χ3v) is 6.42. The highest BCUT2D eigenvalue weighted by Crippen LogP contribution is 2.44. The quantitative estimate of drug-likeness (QED) is 0.901. The first-order valence-electron chi connectivity index (χ1n) is 9.56. The Bertz CT molecular complexity index is 788. The van der Waals surface area contributed by atoms with E-state index in [1.807, 2.05) is 4.90 Å². The first-order valence-corrected chi connectivity index (χ1v) is 9.56. The van der Waals surface area contributed by atoms with E-state index in [1.165, 1.54) is 22.3 Å². The fourth-order valence-corrected chi connectivity index (χ4v) is 4.68. The summed E-state index contributed by atoms with van der Waals surface area (Å²) in [5.74, 6) is 0.137. The van der Waals surface area contributed by atoms with Gasteiger partial charge in [-0.2, -0.15) is 0 Å². The summed E-state index contributed by atoms with van der Waals surface area (Å²) in [6, 6.07) is 16.9. The van der Waals surface area contributed by atoms with Gasteiger partial charge in [-0.15, -0.1) is 0 Å². The van der Waals surface area contributed by atoms with Crippen molar-refractivity contribution in [2.45, 2.75) is 18.8 Å². The Kier molecular flexibility index (Phi) is 3.75. The van der Waals surface area contributed by atoms with E-state index in [2.05, 4.69) is 53.8 Å². The first kappa shape index (κ1) is 15.9. The molecule has 26 heavy (non-hydrogen) atoms. The second-order valence-corrected chi connectivity index (χ2v) is 7.89. The maximum atomic E-state index is 12.6. The van der Waals surface area contributed by atoms with E-state index in [0.29, 0.717) is 12.0 Å². The third kappa shape index (κ3) is 2.52. The second-order valence-electron chi connectivity index (χ2n) is 7.89. The van der Waals surface area contributed by atoms with Crippen molar-refractivity contribution in [2.75, 3.05) is 32.8 Å². The average Bonchev–Trinajstić information content (AvgIpc) is 2.99. The Morgan fingerprint density at radius 1 is 1.00 bits per heavy atom. The first-order chi connectivity index (χ1) is 12.8. The van der Waals surface area contributed by atoms with Crippen molar-refractivity contribution < 1.29 is 9.53 Å². The van der Waals surface area contributed by atoms with Crippen LogP contribution in [0.4, 0.5) is 4.79 Å². The Morgan fingerprint density at radius 3 is 2.12 bits per heavy atom. The number of carbonyl (C=O) groups excluding carboxylic acids is 1. The number of likely N-dealkylation sites (tertiary alicyclic amines) is 1. The van der Waals surface area contributed by atoms with Crippen molar-refractivity contribution in [2.24, 2.45) is 5.41 Å². The Labute approximate surface area is 154 Å². The van der Waals surface area contributed by atoms with Gasteiger partial charge in [-0.3, -0.25) is 0 Å². The third-order valence-electron chi connectivity index (χ3n) is 6.42. The van der Waals surface area contributed by atoms with Crippen LogP contribution in [-0.4, -0.2) is 43.8 Å². The average molecular weight is 348 g/mol. The molecule has 2 aliphatic heterocycles. The summed E-state index contributed by atoms with van der Waals surface area (Å²) < 4.78 is 5.77. The van der Waals surface area contributed by atoms with Crippen molar-refractivity contribution in [1.29, 1.82) is 0 Å². The number of carbonyl (C=O) groups is 1. The molecule has 1 aliphatic carbocycles. The van der Waals surface area contributed by atoms with Crippen LogP contribution in [0.1, 0.15) is 29.9 Å². The summed E-state index contributed by atoms with van der Waals surface area (Å²) in [6.45, 7) is 4.25. The zero-order valence-corrected chi connectivity index (χ0v) is 14.9. The number of ether oxygens (including phenoxy) is 1. The van der Waals surface area contributed by atoms with Gasteiger partial charge < -0.3 is 15.0 Å². The van der Waals surface area contributed by atoms with Crippen molar-refractivity contribution in [3.8, 4) is 11.1 Å². The van der Waals surface area contributed by atoms with E-state index in [0.717, 1.165) is 39.0 Å². The number of benzene rings is 2. The molecule has 0 radical (unpaired) electrons. The zero-order chi connectivity index (χ0) is 17.6. The number of nitrogens with one attached hydrogen (secondary N) is 1. The van der Waals surface area contributed by atoms with Gasteiger partial charge in [0, 0.05) is 32.1 Å². The van der Waals surface area contributed by atoms with Gasteiger partial charge in [0.25, 0.3) is 0 Å². The van der Waals surface area contributed by atoms with Gasteiger partial charge in [0.15, 0.2) is 0 Å². The minimum Gasteiger partial charge on any atom is -0.448 e. The van der Waals surface area contributed by atoms with E-state index < -0.39 is 0 Å². The normalized spacial score (nSPS) is 20.4. The van der Waals surface area contributed by atoms with Crippen molar-refractivity contribution in [3.05, 3.63) is 59.7 Å². The smallest absolute Gasteiger partial charge is 0.409 e. The topological polar surface area (TPSA) is 41.6 Å². The minimum atomic E-state index is -0.158. The molecule has 1 spiro atoms. The lowest BCUT2D eigenvalue weighted by atomic mass is 9.73. The SMILES string of the molecule is O=C(OCC1c2ccccc2-c2ccccc21)N1CCC2(CC1)CNC2. The lowest BCUT2D eigenvalue weighted by Gasteiger charge is -2.48. The standard InChI is InChI=1S/C22H24N2O2/c25-21(24-11-9-22(10-12-24)14-23-15-22)26-13-20-18-7-3-1-5-16(18)17-6-2-4-8-19(17)20/h1-8,20,23H,9-15H2. The van der Waals surface area contributed by atoms with Crippen LogP contribution in [-0.2, 0) is 4.74 Å². The minimum absolute atomic E-state index is 0.137. The van der Waals surface area contributed by atoms with E-state index >= 15 is 0 Å². The largest absolute Gasteiger partial charge is 0.448 e. The Morgan fingerprint density at radius 2 is 1.58 bits per heavy atom. The molecule has 1 N–H and O–H groups in total. The molecule has 1 amide bonds. The van der Waals surface area contributed by atoms with Crippen LogP contribution in [0, 0.1) is 5.41 Å². The Hall–Kier alpha value is -2.33. The highest BCUT2D eigenvalue weighted by Gasteiger charge is 2.41. The van der Waals surface area contributed by atoms with Crippen LogP contribution in [0.15, 0.2) is 48.5 Å². The summed E-state index contributed by atoms with van der Waals surface area (Å²) in [4.78, 5) is 14.5. The van der Waals surface area contributed by atoms with Gasteiger partial charge in [0.2, 0.25) is 0 Å². The molecule has 4 nitrogen and oxygen atoms in total. The molecule has 3 aliphatic rings. The molecule has 0 aromatic heterocycles. The molecule has 5 rings (SSSR count). The van der Waals surface area contributed by atoms with E-state index in [-0.39, 0.29) is 12.0 Å². The molecule has 134 valence electrons. The molecule has 0 saturated carbocycles. The highest BCUT2D eigenvalue weighted by molar-refractivity contribution is 5.79. The van der Waals surface area contributed by atoms with Gasteiger partial charge in [0.05, 0.1) is 0 Å². The molecule has 2 aromatic carbocycles. The predicted octanol–water partition coefficient (Wildman–Crippen LogP) is 3.62. The number of rotatable bonds is 2. The molecular weight excluding hydrogens is 324 g/mol. The summed E-state index contributed by atoms with van der Waals surface area (Å²) >= 11 is 0. The number of fused-ring (bicyclic) bond motifs is 3. The second kappa shape index (κ2) is 6.13. The maximum Gasteiger partial charge on any atom is 0.409 e. The molecule has 0 unspecified atom stereocenters. The van der Waals surface area contributed by atoms with E-state index in [4.69, 9.17) is 4.74 Å². The molecule has 4 heteroatoms. The number of amides is 1. The molecular formula is C22H24N2O2. The zero-order valence-electron chi connectivity index (χ0n) is 14.9. The molecule has 2 aromatic rings. The molecule has 2 saturated heterocycles. The van der Waals surface area contributed by atoms with Crippen LogP contribution in [0.25, 0.3) is 11.1 Å². The number of nitrogens with zero attached hydrogens (tertiary/aromatic N) is 1. The van der Waals surface area contributed by atoms with E-state index in [1.54, 1.807) is 0 Å². The molecule has 2 fully saturated rings. The van der Waals surface area contributed by atoms with Crippen molar-refractivity contribution in [3.63, 3.8) is 0 Å². The highest BCUT2D eigenvalue weighted by atomic mass is 16.6. The maximum absolute atomic E-state index is 12.6. The number of hydrogen-bond donors (Lipinski definition) is 1. The van der Waals surface area contributed by atoms with Crippen LogP contribution in [0.2, 0.25) is 0 Å². The van der Waals surface area contributed by atoms with E-state index in [9.17, 15) is 4.79 Å². The fraction of sp³-hybridized carbons (Fsp3) is 0.409. The predicted molar refractivity (Wildman–Crippen MR) is 101 cm³/mol. The van der Waals surface area contributed by atoms with Crippen LogP contribution in [0.3, 0.4) is 0 Å². The lowest BCUT2D eigenvalue weighted by Crippen LogP contribution is -2.58. The number of hydrogen-bond acceptors (Lipinski definition) is 3. The summed E-state index contributed by atoms with van der Waals surface area (Å²) in [5, 5.41) is 3.36. The van der Waals surface area contributed by atoms with Gasteiger partial charge in [0.1, 0.15) is 6.61 Å². The summed E-state index contributed by atoms with van der Waals surface area (Å²) in [7, 11) is 0. The lowest BCUT2D eigenvalue weighted by molar-refractivity contribution is 0.0401.